The maximum absolute atomic E-state index is 6.00. The topological polar surface area (TPSA) is 34.1 Å². The van der Waals surface area contributed by atoms with Crippen LogP contribution in [-0.2, 0) is 6.42 Å². The molecule has 1 aliphatic rings. The van der Waals surface area contributed by atoms with Crippen LogP contribution in [0.2, 0.25) is 0 Å². The van der Waals surface area contributed by atoms with Crippen LogP contribution in [0, 0.1) is 6.92 Å². The van der Waals surface area contributed by atoms with E-state index in [1.165, 1.54) is 11.3 Å². The molecule has 0 saturated carbocycles. The third kappa shape index (κ3) is 2.87. The Balaban J connectivity index is 1.67. The van der Waals surface area contributed by atoms with E-state index in [4.69, 9.17) is 4.74 Å². The van der Waals surface area contributed by atoms with Crippen molar-refractivity contribution in [2.24, 2.45) is 0 Å². The van der Waals surface area contributed by atoms with Crippen LogP contribution in [0.3, 0.4) is 0 Å². The number of nitrogens with zero attached hydrogens (tertiary/aromatic N) is 1. The molecular weight excluding hydrogens is 236 g/mol. The van der Waals surface area contributed by atoms with Gasteiger partial charge in [-0.3, -0.25) is 4.98 Å². The summed E-state index contributed by atoms with van der Waals surface area (Å²) in [7, 11) is 0. The third-order valence-electron chi connectivity index (χ3n) is 3.46. The number of anilines is 1. The molecule has 0 radical (unpaired) electrons. The Hall–Kier alpha value is -2.03. The van der Waals surface area contributed by atoms with Crippen LogP contribution in [0.5, 0.6) is 5.75 Å². The van der Waals surface area contributed by atoms with Crippen molar-refractivity contribution in [1.82, 2.24) is 4.98 Å². The molecule has 0 saturated heterocycles. The number of hydrogen-bond acceptors (Lipinski definition) is 3. The molecule has 3 heteroatoms. The van der Waals surface area contributed by atoms with Gasteiger partial charge in [0.2, 0.25) is 0 Å². The Morgan fingerprint density at radius 3 is 2.95 bits per heavy atom. The van der Waals surface area contributed by atoms with Crippen molar-refractivity contribution >= 4 is 5.69 Å². The van der Waals surface area contributed by atoms with Crippen molar-refractivity contribution in [3.63, 3.8) is 0 Å². The molecule has 1 atom stereocenters. The molecule has 2 heterocycles. The summed E-state index contributed by atoms with van der Waals surface area (Å²) in [6, 6.07) is 12.4. The predicted octanol–water partition coefficient (Wildman–Crippen LogP) is 3.20. The molecule has 1 aromatic carbocycles. The van der Waals surface area contributed by atoms with Gasteiger partial charge >= 0.3 is 0 Å². The molecule has 1 aliphatic heterocycles. The van der Waals surface area contributed by atoms with Crippen molar-refractivity contribution in [2.45, 2.75) is 25.9 Å². The lowest BCUT2D eigenvalue weighted by Crippen LogP contribution is -2.24. The molecule has 19 heavy (non-hydrogen) atoms. The highest BCUT2D eigenvalue weighted by Crippen LogP contribution is 2.23. The summed E-state index contributed by atoms with van der Waals surface area (Å²) in [5, 5.41) is 3.46. The zero-order valence-corrected chi connectivity index (χ0v) is 11.1. The van der Waals surface area contributed by atoms with E-state index in [1.54, 1.807) is 6.20 Å². The Morgan fingerprint density at radius 1 is 1.21 bits per heavy atom. The molecular formula is C16H18N2O. The molecule has 1 unspecified atom stereocenters. The fraction of sp³-hybridized carbons (Fsp3) is 0.312. The maximum Gasteiger partial charge on any atom is 0.138 e. The number of fused-ring (bicyclic) bond motifs is 1. The predicted molar refractivity (Wildman–Crippen MR) is 76.6 cm³/mol. The first kappa shape index (κ1) is 12.0. The second-order valence-electron chi connectivity index (χ2n) is 4.95. The lowest BCUT2D eigenvalue weighted by atomic mass is 10.1. The van der Waals surface area contributed by atoms with Crippen LogP contribution >= 0.6 is 0 Å². The van der Waals surface area contributed by atoms with Crippen molar-refractivity contribution in [1.29, 1.82) is 0 Å². The van der Waals surface area contributed by atoms with Gasteiger partial charge < -0.3 is 10.1 Å². The quantitative estimate of drug-likeness (QED) is 0.893. The summed E-state index contributed by atoms with van der Waals surface area (Å²) in [5.74, 6) is 0.850. The Kier molecular flexibility index (Phi) is 3.36. The van der Waals surface area contributed by atoms with Gasteiger partial charge in [-0.15, -0.1) is 0 Å². The lowest BCUT2D eigenvalue weighted by molar-refractivity contribution is 0.205. The molecule has 0 fully saturated rings. The van der Waals surface area contributed by atoms with E-state index in [9.17, 15) is 0 Å². The number of aryl methyl sites for hydroxylation is 2. The third-order valence-corrected chi connectivity index (χ3v) is 3.46. The standard InChI is InChI=1S/C16H18N2O/c1-12-6-8-14(10-17-12)19-15-9-7-13-4-2-3-5-16(13)18-11-15/h2-6,8,10,15,18H,7,9,11H2,1H3. The van der Waals surface area contributed by atoms with Crippen molar-refractivity contribution in [2.75, 3.05) is 11.9 Å². The number of benzene rings is 1. The highest BCUT2D eigenvalue weighted by atomic mass is 16.5. The summed E-state index contributed by atoms with van der Waals surface area (Å²) in [5.41, 5.74) is 3.62. The van der Waals surface area contributed by atoms with Gasteiger partial charge in [-0.1, -0.05) is 18.2 Å². The zero-order chi connectivity index (χ0) is 13.1. The summed E-state index contributed by atoms with van der Waals surface area (Å²) in [6.45, 7) is 2.82. The smallest absolute Gasteiger partial charge is 0.138 e. The van der Waals surface area contributed by atoms with Crippen LogP contribution in [0.25, 0.3) is 0 Å². The number of nitrogens with one attached hydrogen (secondary N) is 1. The summed E-state index contributed by atoms with van der Waals surface area (Å²) in [4.78, 5) is 4.26. The van der Waals surface area contributed by atoms with Gasteiger partial charge in [-0.05, 0) is 43.5 Å². The minimum absolute atomic E-state index is 0.192. The first-order valence-corrected chi connectivity index (χ1v) is 6.72. The van der Waals surface area contributed by atoms with Crippen molar-refractivity contribution in [3.8, 4) is 5.75 Å². The molecule has 0 spiro atoms. The van der Waals surface area contributed by atoms with Crippen molar-refractivity contribution in [3.05, 3.63) is 53.9 Å². The SMILES string of the molecule is Cc1ccc(OC2CCc3ccccc3NC2)cn1. The molecule has 0 aliphatic carbocycles. The van der Waals surface area contributed by atoms with Gasteiger partial charge in [0.1, 0.15) is 11.9 Å². The van der Waals surface area contributed by atoms with Crippen LogP contribution in [0.1, 0.15) is 17.7 Å². The first-order chi connectivity index (χ1) is 9.31. The maximum atomic E-state index is 6.00. The normalized spacial score (nSPS) is 18.1. The van der Waals surface area contributed by atoms with Gasteiger partial charge in [0.05, 0.1) is 12.7 Å². The summed E-state index contributed by atoms with van der Waals surface area (Å²) >= 11 is 0. The van der Waals surface area contributed by atoms with E-state index in [-0.39, 0.29) is 6.10 Å². The number of pyridine rings is 1. The number of aromatic nitrogens is 1. The first-order valence-electron chi connectivity index (χ1n) is 6.72. The lowest BCUT2D eigenvalue weighted by Gasteiger charge is -2.17. The second kappa shape index (κ2) is 5.31. The van der Waals surface area contributed by atoms with Crippen LogP contribution < -0.4 is 10.1 Å². The van der Waals surface area contributed by atoms with Gasteiger partial charge in [0.25, 0.3) is 0 Å². The van der Waals surface area contributed by atoms with E-state index >= 15 is 0 Å². The minimum Gasteiger partial charge on any atom is -0.487 e. The van der Waals surface area contributed by atoms with Gasteiger partial charge in [-0.2, -0.15) is 0 Å². The Morgan fingerprint density at radius 2 is 2.11 bits per heavy atom. The molecule has 0 amide bonds. The summed E-state index contributed by atoms with van der Waals surface area (Å²) < 4.78 is 6.00. The highest BCUT2D eigenvalue weighted by molar-refractivity contribution is 5.52. The molecule has 3 nitrogen and oxygen atoms in total. The van der Waals surface area contributed by atoms with Crippen LogP contribution in [-0.4, -0.2) is 17.6 Å². The zero-order valence-electron chi connectivity index (χ0n) is 11.1. The average molecular weight is 254 g/mol. The second-order valence-corrected chi connectivity index (χ2v) is 4.95. The van der Waals surface area contributed by atoms with E-state index in [0.717, 1.165) is 30.8 Å². The Labute approximate surface area is 113 Å². The largest absolute Gasteiger partial charge is 0.487 e. The molecule has 1 N–H and O–H groups in total. The van der Waals surface area contributed by atoms with Gasteiger partial charge in [0.15, 0.2) is 0 Å². The van der Waals surface area contributed by atoms with Gasteiger partial charge in [0, 0.05) is 11.4 Å². The minimum atomic E-state index is 0.192. The highest BCUT2D eigenvalue weighted by Gasteiger charge is 2.16. The fourth-order valence-electron chi connectivity index (χ4n) is 2.37. The van der Waals surface area contributed by atoms with Gasteiger partial charge in [-0.25, -0.2) is 0 Å². The number of para-hydroxylation sites is 1. The van der Waals surface area contributed by atoms with E-state index in [0.29, 0.717) is 0 Å². The molecule has 0 bridgehead atoms. The van der Waals surface area contributed by atoms with Crippen molar-refractivity contribution < 1.29 is 4.74 Å². The van der Waals surface area contributed by atoms with Crippen LogP contribution in [0.4, 0.5) is 5.69 Å². The van der Waals surface area contributed by atoms with E-state index in [1.807, 2.05) is 19.1 Å². The number of hydrogen-bond donors (Lipinski definition) is 1. The number of rotatable bonds is 2. The Bertz CT molecular complexity index is 524. The molecule has 2 aromatic rings. The summed E-state index contributed by atoms with van der Waals surface area (Å²) in [6.07, 6.45) is 4.06. The number of ether oxygens (including phenoxy) is 1. The molecule has 98 valence electrons. The molecule has 1 aromatic heterocycles. The average Bonchev–Trinajstić information content (AvgIpc) is 2.64. The van der Waals surface area contributed by atoms with Crippen LogP contribution in [0.15, 0.2) is 42.6 Å². The van der Waals surface area contributed by atoms with E-state index in [2.05, 4.69) is 34.6 Å². The molecule has 3 rings (SSSR count). The fourth-order valence-corrected chi connectivity index (χ4v) is 2.37. The van der Waals surface area contributed by atoms with E-state index < -0.39 is 0 Å². The monoisotopic (exact) mass is 254 g/mol.